The Bertz CT molecular complexity index is 871. The van der Waals surface area contributed by atoms with E-state index in [4.69, 9.17) is 22.1 Å². The van der Waals surface area contributed by atoms with Crippen LogP contribution in [0.25, 0.3) is 0 Å². The summed E-state index contributed by atoms with van der Waals surface area (Å²) in [6.07, 6.45) is 0. The zero-order chi connectivity index (χ0) is 20.1. The maximum absolute atomic E-state index is 12.2. The molecule has 2 heterocycles. The van der Waals surface area contributed by atoms with Gasteiger partial charge in [0.25, 0.3) is 11.8 Å². The van der Waals surface area contributed by atoms with Crippen molar-refractivity contribution in [2.24, 2.45) is 5.73 Å². The van der Waals surface area contributed by atoms with Crippen LogP contribution < -0.4 is 21.3 Å². The molecule has 2 aromatic rings. The highest BCUT2D eigenvalue weighted by Crippen LogP contribution is 2.21. The molecule has 0 radical (unpaired) electrons. The van der Waals surface area contributed by atoms with Crippen molar-refractivity contribution in [1.29, 1.82) is 0 Å². The molecule has 0 spiro atoms. The summed E-state index contributed by atoms with van der Waals surface area (Å²) in [6, 6.07) is 9.18. The van der Waals surface area contributed by atoms with Crippen LogP contribution in [-0.4, -0.2) is 50.1 Å². The molecule has 0 aliphatic carbocycles. The van der Waals surface area contributed by atoms with Crippen molar-refractivity contribution in [3.63, 3.8) is 0 Å². The second kappa shape index (κ2) is 9.16. The summed E-state index contributed by atoms with van der Waals surface area (Å²) in [5, 5.41) is 5.30. The molecule has 10 heteroatoms. The number of hydrogen-bond donors (Lipinski definition) is 3. The number of nitrogens with one attached hydrogen (secondary N) is 2. The molecule has 1 saturated heterocycles. The normalized spacial score (nSPS) is 15.2. The molecule has 3 rings (SSSR count). The van der Waals surface area contributed by atoms with Crippen LogP contribution >= 0.6 is 22.9 Å². The van der Waals surface area contributed by atoms with Crippen molar-refractivity contribution >= 4 is 52.0 Å². The van der Waals surface area contributed by atoms with Gasteiger partial charge in [-0.15, -0.1) is 11.3 Å². The van der Waals surface area contributed by atoms with Crippen molar-refractivity contribution < 1.29 is 19.1 Å². The Hall–Kier alpha value is -2.46. The molecule has 0 bridgehead atoms. The Balaban J connectivity index is 1.50. The van der Waals surface area contributed by atoms with E-state index in [1.807, 2.05) is 0 Å². The highest BCUT2D eigenvalue weighted by molar-refractivity contribution is 7.18. The summed E-state index contributed by atoms with van der Waals surface area (Å²) in [5.74, 6) is -0.868. The van der Waals surface area contributed by atoms with Crippen LogP contribution in [0, 0.1) is 0 Å². The van der Waals surface area contributed by atoms with E-state index in [1.165, 1.54) is 0 Å². The quantitative estimate of drug-likeness (QED) is 0.652. The van der Waals surface area contributed by atoms with Gasteiger partial charge in [0.1, 0.15) is 12.6 Å². The van der Waals surface area contributed by atoms with Crippen LogP contribution in [0.4, 0.5) is 11.4 Å². The highest BCUT2D eigenvalue weighted by atomic mass is 35.5. The fraction of sp³-hybridized carbons (Fsp3) is 0.278. The summed E-state index contributed by atoms with van der Waals surface area (Å²) in [7, 11) is 0. The van der Waals surface area contributed by atoms with Crippen LogP contribution in [-0.2, 0) is 14.3 Å². The maximum atomic E-state index is 12.2. The molecule has 28 heavy (non-hydrogen) atoms. The van der Waals surface area contributed by atoms with Crippen LogP contribution in [0.5, 0.6) is 0 Å². The van der Waals surface area contributed by atoms with Crippen molar-refractivity contribution in [3.05, 3.63) is 45.6 Å². The number of hydrogen-bond acceptors (Lipinski definition) is 6. The van der Waals surface area contributed by atoms with E-state index in [0.717, 1.165) is 17.0 Å². The number of amides is 3. The minimum atomic E-state index is -0.917. The fourth-order valence-electron chi connectivity index (χ4n) is 2.57. The van der Waals surface area contributed by atoms with Gasteiger partial charge in [0, 0.05) is 24.5 Å². The first-order valence-electron chi connectivity index (χ1n) is 8.52. The predicted molar refractivity (Wildman–Crippen MR) is 108 cm³/mol. The smallest absolute Gasteiger partial charge is 0.261 e. The number of morpholine rings is 1. The van der Waals surface area contributed by atoms with Crippen LogP contribution in [0.1, 0.15) is 9.67 Å². The number of anilines is 2. The van der Waals surface area contributed by atoms with Gasteiger partial charge in [0.2, 0.25) is 5.91 Å². The molecule has 1 aliphatic heterocycles. The first-order valence-corrected chi connectivity index (χ1v) is 9.71. The molecule has 1 aromatic carbocycles. The monoisotopic (exact) mass is 422 g/mol. The molecule has 1 aromatic heterocycles. The minimum absolute atomic E-state index is 0.0133. The summed E-state index contributed by atoms with van der Waals surface area (Å²) in [4.78, 5) is 38.1. The molecule has 0 unspecified atom stereocenters. The minimum Gasteiger partial charge on any atom is -0.370 e. The lowest BCUT2D eigenvalue weighted by Gasteiger charge is -2.27. The van der Waals surface area contributed by atoms with Gasteiger partial charge >= 0.3 is 0 Å². The van der Waals surface area contributed by atoms with Gasteiger partial charge in [-0.25, -0.2) is 0 Å². The van der Waals surface area contributed by atoms with E-state index in [-0.39, 0.29) is 25.0 Å². The lowest BCUT2D eigenvalue weighted by molar-refractivity contribution is -0.125. The SMILES string of the molecule is N[C@@H](CNC(=O)c1ccc(Cl)s1)C(=O)Nc1ccc(N2CCOCC2=O)cc1. The second-order valence-corrected chi connectivity index (χ2v) is 7.77. The van der Waals surface area contributed by atoms with E-state index < -0.39 is 11.9 Å². The Morgan fingerprint density at radius 2 is 2.00 bits per heavy atom. The Kier molecular flexibility index (Phi) is 6.63. The average molecular weight is 423 g/mol. The van der Waals surface area contributed by atoms with Gasteiger partial charge in [-0.1, -0.05) is 11.6 Å². The standard InChI is InChI=1S/C18H19ClN4O4S/c19-15-6-5-14(28-15)18(26)21-9-13(20)17(25)22-11-1-3-12(4-2-11)23-7-8-27-10-16(23)24/h1-6,13H,7-10,20H2,(H,21,26)(H,22,25)/t13-/m0/s1. The molecular formula is C18H19ClN4O4S. The topological polar surface area (TPSA) is 114 Å². The third-order valence-corrected chi connectivity index (χ3v) is 5.28. The number of thiophene rings is 1. The first-order chi connectivity index (χ1) is 13.4. The van der Waals surface area contributed by atoms with Gasteiger partial charge in [0.05, 0.1) is 15.8 Å². The van der Waals surface area contributed by atoms with Gasteiger partial charge in [-0.2, -0.15) is 0 Å². The van der Waals surface area contributed by atoms with Gasteiger partial charge in [-0.3, -0.25) is 14.4 Å². The van der Waals surface area contributed by atoms with Crippen LogP contribution in [0.3, 0.4) is 0 Å². The zero-order valence-electron chi connectivity index (χ0n) is 14.8. The lowest BCUT2D eigenvalue weighted by atomic mass is 10.2. The van der Waals surface area contributed by atoms with Crippen LogP contribution in [0.15, 0.2) is 36.4 Å². The van der Waals surface area contributed by atoms with E-state index in [0.29, 0.717) is 28.1 Å². The zero-order valence-corrected chi connectivity index (χ0v) is 16.4. The summed E-state index contributed by atoms with van der Waals surface area (Å²) in [6.45, 7) is 1.03. The molecule has 3 amide bonds. The Morgan fingerprint density at radius 3 is 2.64 bits per heavy atom. The van der Waals surface area contributed by atoms with Crippen molar-refractivity contribution in [3.8, 4) is 0 Å². The second-order valence-electron chi connectivity index (χ2n) is 6.05. The summed E-state index contributed by atoms with van der Waals surface area (Å²) < 4.78 is 5.62. The molecule has 1 aliphatic rings. The average Bonchev–Trinajstić information content (AvgIpc) is 3.13. The van der Waals surface area contributed by atoms with E-state index in [2.05, 4.69) is 10.6 Å². The predicted octanol–water partition coefficient (Wildman–Crippen LogP) is 1.46. The number of carbonyl (C=O) groups excluding carboxylic acids is 3. The number of ether oxygens (including phenoxy) is 1. The van der Waals surface area contributed by atoms with Gasteiger partial charge in [-0.05, 0) is 36.4 Å². The fourth-order valence-corrected chi connectivity index (χ4v) is 3.53. The number of benzene rings is 1. The summed E-state index contributed by atoms with van der Waals surface area (Å²) in [5.41, 5.74) is 7.12. The van der Waals surface area contributed by atoms with E-state index in [1.54, 1.807) is 41.3 Å². The molecule has 148 valence electrons. The van der Waals surface area contributed by atoms with Crippen molar-refractivity contribution in [2.45, 2.75) is 6.04 Å². The van der Waals surface area contributed by atoms with Crippen LogP contribution in [0.2, 0.25) is 4.34 Å². The molecular weight excluding hydrogens is 404 g/mol. The van der Waals surface area contributed by atoms with E-state index in [9.17, 15) is 14.4 Å². The van der Waals surface area contributed by atoms with E-state index >= 15 is 0 Å². The third kappa shape index (κ3) is 5.08. The number of halogens is 1. The number of nitrogens with zero attached hydrogens (tertiary/aromatic N) is 1. The Labute approximate surface area is 170 Å². The highest BCUT2D eigenvalue weighted by Gasteiger charge is 2.20. The third-order valence-electron chi connectivity index (χ3n) is 4.05. The first kappa shape index (κ1) is 20.3. The molecule has 0 saturated carbocycles. The van der Waals surface area contributed by atoms with Crippen molar-refractivity contribution in [1.82, 2.24) is 5.32 Å². The molecule has 4 N–H and O–H groups in total. The number of rotatable bonds is 6. The van der Waals surface area contributed by atoms with Gasteiger partial charge in [0.15, 0.2) is 0 Å². The molecule has 1 fully saturated rings. The molecule has 8 nitrogen and oxygen atoms in total. The molecule has 1 atom stereocenters. The number of carbonyl (C=O) groups is 3. The largest absolute Gasteiger partial charge is 0.370 e. The maximum Gasteiger partial charge on any atom is 0.261 e. The summed E-state index contributed by atoms with van der Waals surface area (Å²) >= 11 is 6.95. The Morgan fingerprint density at radius 1 is 1.25 bits per heavy atom. The van der Waals surface area contributed by atoms with Crippen molar-refractivity contribution in [2.75, 3.05) is 36.5 Å². The number of nitrogens with two attached hydrogens (primary N) is 1. The lowest BCUT2D eigenvalue weighted by Crippen LogP contribution is -2.45. The van der Waals surface area contributed by atoms with Gasteiger partial charge < -0.3 is 26.0 Å².